The van der Waals surface area contributed by atoms with Crippen LogP contribution < -0.4 is 0 Å². The van der Waals surface area contributed by atoms with Gasteiger partial charge in [-0.1, -0.05) is 6.58 Å². The van der Waals surface area contributed by atoms with Crippen molar-refractivity contribution >= 4 is 41.6 Å². The second kappa shape index (κ2) is 13.8. The van der Waals surface area contributed by atoms with Crippen molar-refractivity contribution < 1.29 is 57.4 Å². The molecule has 2 heterocycles. The van der Waals surface area contributed by atoms with Gasteiger partial charge in [-0.3, -0.25) is 24.0 Å². The topological polar surface area (TPSA) is 172 Å². The van der Waals surface area contributed by atoms with Gasteiger partial charge in [0.05, 0.1) is 44.6 Å². The lowest BCUT2D eigenvalue weighted by atomic mass is 10.3. The normalized spacial score (nSPS) is 15.4. The molecule has 0 saturated carbocycles. The summed E-state index contributed by atoms with van der Waals surface area (Å²) in [6.45, 7) is 3.42. The number of esters is 2. The summed E-state index contributed by atoms with van der Waals surface area (Å²) in [4.78, 5) is 90.2. The number of carbonyl (C=O) groups is 7. The molecule has 2 rings (SSSR count). The van der Waals surface area contributed by atoms with Crippen LogP contribution in [0.5, 0.6) is 0 Å². The highest BCUT2D eigenvalue weighted by Gasteiger charge is 2.33. The Hall–Kier alpha value is -3.81. The van der Waals surface area contributed by atoms with E-state index in [-0.39, 0.29) is 77.3 Å². The van der Waals surface area contributed by atoms with Crippen LogP contribution in [0.15, 0.2) is 12.3 Å². The third kappa shape index (κ3) is 9.52. The second-order valence-electron chi connectivity index (χ2n) is 7.32. The Labute approximate surface area is 199 Å². The number of hydrogen-bond donors (Lipinski definition) is 0. The molecule has 0 N–H and O–H groups in total. The first kappa shape index (κ1) is 27.4. The monoisotopic (exact) mass is 498 g/mol. The molecule has 2 aliphatic heterocycles. The van der Waals surface area contributed by atoms with Gasteiger partial charge in [0.15, 0.2) is 0 Å². The smallest absolute Gasteiger partial charge is 0.333 e. The Kier molecular flexibility index (Phi) is 10.8. The van der Waals surface area contributed by atoms with E-state index in [1.54, 1.807) is 0 Å². The van der Waals surface area contributed by atoms with Gasteiger partial charge in [0.25, 0.3) is 17.7 Å². The standard InChI is InChI=1S/C21H26N2O12/c1-14-2-3-15(24)22(14)34-20(29)8-6-18(27)32-12-10-31-11-13-33-19(28)7-9-21(30)35-23-16(25)4-5-17(23)26/h1-13H2. The van der Waals surface area contributed by atoms with Crippen LogP contribution in [0.25, 0.3) is 0 Å². The Balaban J connectivity index is 1.43. The van der Waals surface area contributed by atoms with Crippen LogP contribution in [0.2, 0.25) is 0 Å². The SMILES string of the molecule is C=C1CCC(=O)N1OC(=O)CCC(=O)OCCOCCOC(=O)CCC(=O)ON1C(=O)CCC1=O. The number of hydroxylamine groups is 4. The predicted molar refractivity (Wildman–Crippen MR) is 110 cm³/mol. The Morgan fingerprint density at radius 2 is 1.00 bits per heavy atom. The Morgan fingerprint density at radius 1 is 0.600 bits per heavy atom. The van der Waals surface area contributed by atoms with E-state index in [2.05, 4.69) is 11.4 Å². The molecular formula is C21H26N2O12. The summed E-state index contributed by atoms with van der Waals surface area (Å²) in [5.74, 6) is -4.63. The summed E-state index contributed by atoms with van der Waals surface area (Å²) in [5, 5.41) is 1.23. The number of hydrogen-bond acceptors (Lipinski definition) is 12. The molecule has 0 unspecified atom stereocenters. The number of allylic oxidation sites excluding steroid dienone is 1. The van der Waals surface area contributed by atoms with Gasteiger partial charge in [-0.15, -0.1) is 10.1 Å². The fraction of sp³-hybridized carbons (Fsp3) is 0.571. The van der Waals surface area contributed by atoms with E-state index in [0.29, 0.717) is 17.2 Å². The molecule has 35 heavy (non-hydrogen) atoms. The Bertz CT molecular complexity index is 782. The maximum absolute atomic E-state index is 11.7. The van der Waals surface area contributed by atoms with Crippen molar-refractivity contribution in [1.82, 2.24) is 10.1 Å². The highest BCUT2D eigenvalue weighted by molar-refractivity contribution is 6.01. The van der Waals surface area contributed by atoms with Crippen LogP contribution in [0, 0.1) is 0 Å². The molecule has 2 saturated heterocycles. The molecule has 0 radical (unpaired) electrons. The minimum Gasteiger partial charge on any atom is -0.463 e. The third-order valence-corrected chi connectivity index (χ3v) is 4.58. The number of ether oxygens (including phenoxy) is 3. The number of rotatable bonds is 14. The largest absolute Gasteiger partial charge is 0.463 e. The van der Waals surface area contributed by atoms with Gasteiger partial charge in [0.2, 0.25) is 0 Å². The summed E-state index contributed by atoms with van der Waals surface area (Å²) in [6, 6.07) is 0. The number of carbonyl (C=O) groups excluding carboxylic acids is 7. The van der Waals surface area contributed by atoms with Crippen LogP contribution in [0.3, 0.4) is 0 Å². The zero-order valence-corrected chi connectivity index (χ0v) is 19.0. The fourth-order valence-corrected chi connectivity index (χ4v) is 2.78. The van der Waals surface area contributed by atoms with Gasteiger partial charge in [-0.2, -0.15) is 0 Å². The van der Waals surface area contributed by atoms with E-state index >= 15 is 0 Å². The number of imide groups is 1. The molecule has 2 fully saturated rings. The summed E-state index contributed by atoms with van der Waals surface area (Å²) in [7, 11) is 0. The lowest BCUT2D eigenvalue weighted by Crippen LogP contribution is -2.32. The van der Waals surface area contributed by atoms with Crippen molar-refractivity contribution in [2.45, 2.75) is 51.4 Å². The van der Waals surface area contributed by atoms with Crippen LogP contribution in [-0.4, -0.2) is 78.2 Å². The molecule has 192 valence electrons. The van der Waals surface area contributed by atoms with Crippen molar-refractivity contribution in [2.24, 2.45) is 0 Å². The first-order valence-electron chi connectivity index (χ1n) is 10.8. The van der Waals surface area contributed by atoms with Crippen LogP contribution >= 0.6 is 0 Å². The number of amides is 3. The van der Waals surface area contributed by atoms with E-state index in [1.165, 1.54) is 0 Å². The zero-order valence-electron chi connectivity index (χ0n) is 19.0. The van der Waals surface area contributed by atoms with Crippen LogP contribution in [0.1, 0.15) is 51.4 Å². The molecule has 14 heteroatoms. The molecule has 3 amide bonds. The summed E-state index contributed by atoms with van der Waals surface area (Å²) >= 11 is 0. The predicted octanol–water partition coefficient (Wildman–Crippen LogP) is -0.149. The van der Waals surface area contributed by atoms with Crippen molar-refractivity contribution in [1.29, 1.82) is 0 Å². The van der Waals surface area contributed by atoms with Crippen LogP contribution in [0.4, 0.5) is 0 Å². The van der Waals surface area contributed by atoms with Gasteiger partial charge in [0, 0.05) is 19.3 Å². The highest BCUT2D eigenvalue weighted by atomic mass is 16.7. The first-order valence-corrected chi connectivity index (χ1v) is 10.8. The van der Waals surface area contributed by atoms with E-state index in [1.807, 2.05) is 0 Å². The van der Waals surface area contributed by atoms with Gasteiger partial charge >= 0.3 is 23.9 Å². The first-order chi connectivity index (χ1) is 16.7. The van der Waals surface area contributed by atoms with Gasteiger partial charge in [0.1, 0.15) is 13.2 Å². The molecule has 0 atom stereocenters. The lowest BCUT2D eigenvalue weighted by Gasteiger charge is -2.15. The molecule has 0 bridgehead atoms. The van der Waals surface area contributed by atoms with Gasteiger partial charge in [-0.05, 0) is 6.42 Å². The molecule has 14 nitrogen and oxygen atoms in total. The highest BCUT2D eigenvalue weighted by Crippen LogP contribution is 2.21. The zero-order chi connectivity index (χ0) is 25.8. The van der Waals surface area contributed by atoms with Crippen molar-refractivity contribution in [3.8, 4) is 0 Å². The molecule has 0 spiro atoms. The van der Waals surface area contributed by atoms with E-state index in [4.69, 9.17) is 19.0 Å². The van der Waals surface area contributed by atoms with E-state index in [9.17, 15) is 33.6 Å². The average Bonchev–Trinajstić information content (AvgIpc) is 3.31. The minimum atomic E-state index is -0.910. The molecule has 0 aliphatic carbocycles. The third-order valence-electron chi connectivity index (χ3n) is 4.58. The van der Waals surface area contributed by atoms with E-state index < -0.39 is 35.7 Å². The molecule has 0 aromatic heterocycles. The minimum absolute atomic E-state index is 0.00456. The lowest BCUT2D eigenvalue weighted by molar-refractivity contribution is -0.197. The van der Waals surface area contributed by atoms with Gasteiger partial charge in [-0.25, -0.2) is 9.59 Å². The summed E-state index contributed by atoms with van der Waals surface area (Å²) < 4.78 is 14.9. The number of nitrogens with zero attached hydrogens (tertiary/aromatic N) is 2. The quantitative estimate of drug-likeness (QED) is 0.176. The molecule has 0 aromatic carbocycles. The molecule has 0 aromatic rings. The maximum atomic E-state index is 11.7. The van der Waals surface area contributed by atoms with Crippen molar-refractivity contribution in [3.05, 3.63) is 12.3 Å². The molecular weight excluding hydrogens is 472 g/mol. The molecule has 2 aliphatic rings. The fourth-order valence-electron chi connectivity index (χ4n) is 2.78. The summed E-state index contributed by atoms with van der Waals surface area (Å²) in [5.41, 5.74) is 0.379. The maximum Gasteiger partial charge on any atom is 0.333 e. The van der Waals surface area contributed by atoms with E-state index in [0.717, 1.165) is 5.06 Å². The van der Waals surface area contributed by atoms with Crippen molar-refractivity contribution in [2.75, 3.05) is 26.4 Å². The second-order valence-corrected chi connectivity index (χ2v) is 7.32. The van der Waals surface area contributed by atoms with Gasteiger partial charge < -0.3 is 23.9 Å². The Morgan fingerprint density at radius 3 is 1.46 bits per heavy atom. The average molecular weight is 498 g/mol. The van der Waals surface area contributed by atoms with Crippen LogP contribution in [-0.2, 0) is 57.4 Å². The van der Waals surface area contributed by atoms with Crippen molar-refractivity contribution in [3.63, 3.8) is 0 Å². The summed E-state index contributed by atoms with van der Waals surface area (Å²) in [6.07, 6.45) is -0.626.